The van der Waals surface area contributed by atoms with Gasteiger partial charge in [0.05, 0.1) is 19.9 Å². The maximum absolute atomic E-state index is 10.8. The lowest BCUT2D eigenvalue weighted by Crippen LogP contribution is -2.37. The predicted molar refractivity (Wildman–Crippen MR) is 91.2 cm³/mol. The van der Waals surface area contributed by atoms with Gasteiger partial charge in [0.2, 0.25) is 0 Å². The van der Waals surface area contributed by atoms with Crippen molar-refractivity contribution in [3.8, 4) is 11.5 Å². The standard InChI is InChI=1S/C18H25N3O3/c1-18(22,13-10-20-21(2)11-13)12-19-16-5-4-8-24-17-9-14(23-3)6-7-15(16)17/h6-7,9-11,16,19,22H,4-5,8,12H2,1-3H3/t16-,18-/m1/s1. The van der Waals surface area contributed by atoms with Gasteiger partial charge in [0.25, 0.3) is 0 Å². The number of hydrogen-bond donors (Lipinski definition) is 2. The summed E-state index contributed by atoms with van der Waals surface area (Å²) in [6.07, 6.45) is 5.47. The predicted octanol–water partition coefficient (Wildman–Crippen LogP) is 2.14. The van der Waals surface area contributed by atoms with E-state index in [2.05, 4.69) is 10.4 Å². The number of hydrogen-bond acceptors (Lipinski definition) is 5. The van der Waals surface area contributed by atoms with Gasteiger partial charge in [-0.1, -0.05) is 6.07 Å². The summed E-state index contributed by atoms with van der Waals surface area (Å²) in [5.41, 5.74) is 0.932. The highest BCUT2D eigenvalue weighted by molar-refractivity contribution is 5.43. The number of benzene rings is 1. The summed E-state index contributed by atoms with van der Waals surface area (Å²) >= 11 is 0. The van der Waals surface area contributed by atoms with Crippen molar-refractivity contribution in [3.63, 3.8) is 0 Å². The summed E-state index contributed by atoms with van der Waals surface area (Å²) in [5.74, 6) is 1.64. The average molecular weight is 331 g/mol. The molecule has 0 saturated heterocycles. The molecule has 2 atom stereocenters. The van der Waals surface area contributed by atoms with Gasteiger partial charge in [-0.05, 0) is 25.8 Å². The second kappa shape index (κ2) is 6.83. The van der Waals surface area contributed by atoms with Gasteiger partial charge in [0, 0.05) is 43.0 Å². The molecule has 0 saturated carbocycles. The topological polar surface area (TPSA) is 68.5 Å². The van der Waals surface area contributed by atoms with E-state index in [-0.39, 0.29) is 6.04 Å². The van der Waals surface area contributed by atoms with Gasteiger partial charge in [0.15, 0.2) is 0 Å². The highest BCUT2D eigenvalue weighted by Crippen LogP contribution is 2.34. The first-order chi connectivity index (χ1) is 11.5. The van der Waals surface area contributed by atoms with E-state index < -0.39 is 5.60 Å². The van der Waals surface area contributed by atoms with E-state index in [0.717, 1.165) is 35.5 Å². The highest BCUT2D eigenvalue weighted by atomic mass is 16.5. The molecule has 130 valence electrons. The van der Waals surface area contributed by atoms with Gasteiger partial charge in [-0.2, -0.15) is 5.10 Å². The molecule has 1 aliphatic rings. The molecule has 0 amide bonds. The van der Waals surface area contributed by atoms with Gasteiger partial charge in [0.1, 0.15) is 17.1 Å². The molecule has 3 rings (SSSR count). The maximum Gasteiger partial charge on any atom is 0.127 e. The van der Waals surface area contributed by atoms with Crippen LogP contribution in [0.4, 0.5) is 0 Å². The van der Waals surface area contributed by atoms with Crippen LogP contribution in [-0.4, -0.2) is 35.1 Å². The highest BCUT2D eigenvalue weighted by Gasteiger charge is 2.27. The number of nitrogens with one attached hydrogen (secondary N) is 1. The van der Waals surface area contributed by atoms with Gasteiger partial charge in [-0.3, -0.25) is 4.68 Å². The fourth-order valence-corrected chi connectivity index (χ4v) is 3.01. The minimum absolute atomic E-state index is 0.136. The fraction of sp³-hybridized carbons (Fsp3) is 0.500. The normalized spacial score (nSPS) is 19.8. The molecule has 2 heterocycles. The number of methoxy groups -OCH3 is 1. The number of fused-ring (bicyclic) bond motifs is 1. The molecular formula is C18H25N3O3. The molecule has 6 heteroatoms. The van der Waals surface area contributed by atoms with E-state index >= 15 is 0 Å². The van der Waals surface area contributed by atoms with E-state index in [1.54, 1.807) is 24.9 Å². The monoisotopic (exact) mass is 331 g/mol. The number of rotatable bonds is 5. The Morgan fingerprint density at radius 1 is 1.50 bits per heavy atom. The first-order valence-corrected chi connectivity index (χ1v) is 8.25. The SMILES string of the molecule is COc1ccc2c(c1)OCCC[C@H]2NC[C@@](C)(O)c1cnn(C)c1. The molecule has 0 spiro atoms. The van der Waals surface area contributed by atoms with Gasteiger partial charge >= 0.3 is 0 Å². The lowest BCUT2D eigenvalue weighted by Gasteiger charge is -2.26. The van der Waals surface area contributed by atoms with Crippen LogP contribution in [0.5, 0.6) is 11.5 Å². The summed E-state index contributed by atoms with van der Waals surface area (Å²) < 4.78 is 12.8. The Morgan fingerprint density at radius 2 is 2.33 bits per heavy atom. The molecule has 1 aromatic heterocycles. The number of nitrogens with zero attached hydrogens (tertiary/aromatic N) is 2. The third-order valence-corrected chi connectivity index (χ3v) is 4.51. The third kappa shape index (κ3) is 3.55. The molecule has 0 fully saturated rings. The van der Waals surface area contributed by atoms with Crippen molar-refractivity contribution >= 4 is 0 Å². The number of aromatic nitrogens is 2. The van der Waals surface area contributed by atoms with Crippen molar-refractivity contribution in [1.82, 2.24) is 15.1 Å². The third-order valence-electron chi connectivity index (χ3n) is 4.51. The van der Waals surface area contributed by atoms with E-state index in [1.807, 2.05) is 31.4 Å². The lowest BCUT2D eigenvalue weighted by molar-refractivity contribution is 0.0533. The molecule has 1 aromatic carbocycles. The van der Waals surface area contributed by atoms with Crippen molar-refractivity contribution in [2.45, 2.75) is 31.4 Å². The van der Waals surface area contributed by atoms with Crippen LogP contribution in [0.15, 0.2) is 30.6 Å². The van der Waals surface area contributed by atoms with Crippen molar-refractivity contribution in [2.24, 2.45) is 7.05 Å². The van der Waals surface area contributed by atoms with E-state index in [4.69, 9.17) is 9.47 Å². The number of aryl methyl sites for hydroxylation is 1. The summed E-state index contributed by atoms with van der Waals surface area (Å²) in [5, 5.41) is 18.4. The van der Waals surface area contributed by atoms with E-state index in [9.17, 15) is 5.11 Å². The van der Waals surface area contributed by atoms with Crippen LogP contribution >= 0.6 is 0 Å². The second-order valence-corrected chi connectivity index (χ2v) is 6.50. The zero-order valence-corrected chi connectivity index (χ0v) is 14.5. The minimum Gasteiger partial charge on any atom is -0.497 e. The van der Waals surface area contributed by atoms with Gasteiger partial charge < -0.3 is 19.9 Å². The van der Waals surface area contributed by atoms with Crippen molar-refractivity contribution in [3.05, 3.63) is 41.7 Å². The number of aliphatic hydroxyl groups is 1. The Morgan fingerprint density at radius 3 is 3.04 bits per heavy atom. The Bertz CT molecular complexity index is 697. The first-order valence-electron chi connectivity index (χ1n) is 8.25. The molecule has 2 N–H and O–H groups in total. The van der Waals surface area contributed by atoms with Gasteiger partial charge in [-0.25, -0.2) is 0 Å². The van der Waals surface area contributed by atoms with Crippen molar-refractivity contribution in [2.75, 3.05) is 20.3 Å². The molecule has 24 heavy (non-hydrogen) atoms. The summed E-state index contributed by atoms with van der Waals surface area (Å²) in [6.45, 7) is 2.94. The smallest absolute Gasteiger partial charge is 0.127 e. The van der Waals surface area contributed by atoms with Crippen LogP contribution in [-0.2, 0) is 12.6 Å². The van der Waals surface area contributed by atoms with Gasteiger partial charge in [-0.15, -0.1) is 0 Å². The van der Waals surface area contributed by atoms with Crippen LogP contribution in [0, 0.1) is 0 Å². The fourth-order valence-electron chi connectivity index (χ4n) is 3.01. The molecule has 0 bridgehead atoms. The minimum atomic E-state index is -0.978. The summed E-state index contributed by atoms with van der Waals surface area (Å²) in [4.78, 5) is 0. The largest absolute Gasteiger partial charge is 0.497 e. The molecular weight excluding hydrogens is 306 g/mol. The zero-order valence-electron chi connectivity index (χ0n) is 14.5. The zero-order chi connectivity index (χ0) is 17.2. The average Bonchev–Trinajstić information content (AvgIpc) is 2.91. The summed E-state index contributed by atoms with van der Waals surface area (Å²) in [7, 11) is 3.50. The quantitative estimate of drug-likeness (QED) is 0.878. The molecule has 0 radical (unpaired) electrons. The first kappa shape index (κ1) is 16.8. The summed E-state index contributed by atoms with van der Waals surface area (Å²) in [6, 6.07) is 6.04. The van der Waals surface area contributed by atoms with Crippen LogP contribution in [0.25, 0.3) is 0 Å². The Hall–Kier alpha value is -2.05. The van der Waals surface area contributed by atoms with E-state index in [0.29, 0.717) is 13.2 Å². The maximum atomic E-state index is 10.8. The van der Waals surface area contributed by atoms with Crippen LogP contribution in [0.2, 0.25) is 0 Å². The van der Waals surface area contributed by atoms with Crippen molar-refractivity contribution in [1.29, 1.82) is 0 Å². The Labute approximate surface area is 142 Å². The van der Waals surface area contributed by atoms with Crippen LogP contribution in [0.3, 0.4) is 0 Å². The van der Waals surface area contributed by atoms with Crippen LogP contribution < -0.4 is 14.8 Å². The Balaban J connectivity index is 1.75. The molecule has 0 aliphatic carbocycles. The Kier molecular flexibility index (Phi) is 4.78. The molecule has 2 aromatic rings. The molecule has 0 unspecified atom stereocenters. The molecule has 1 aliphatic heterocycles. The second-order valence-electron chi connectivity index (χ2n) is 6.50. The van der Waals surface area contributed by atoms with Crippen molar-refractivity contribution < 1.29 is 14.6 Å². The van der Waals surface area contributed by atoms with Crippen LogP contribution in [0.1, 0.15) is 36.9 Å². The van der Waals surface area contributed by atoms with E-state index in [1.165, 1.54) is 0 Å². The lowest BCUT2D eigenvalue weighted by atomic mass is 9.97. The molecule has 6 nitrogen and oxygen atoms in total. The number of ether oxygens (including phenoxy) is 2.